The fourth-order valence-electron chi connectivity index (χ4n) is 7.43. The summed E-state index contributed by atoms with van der Waals surface area (Å²) in [5.41, 5.74) is 10.7. The molecule has 0 radical (unpaired) electrons. The number of H-pyrrole nitrogens is 1. The van der Waals surface area contributed by atoms with Gasteiger partial charge in [0.1, 0.15) is 0 Å². The van der Waals surface area contributed by atoms with Gasteiger partial charge >= 0.3 is 0 Å². The van der Waals surface area contributed by atoms with Gasteiger partial charge < -0.3 is 9.88 Å². The van der Waals surface area contributed by atoms with Crippen LogP contribution in [0.1, 0.15) is 0 Å². The van der Waals surface area contributed by atoms with E-state index in [1.165, 1.54) is 75.0 Å². The molecule has 10 rings (SSSR count). The normalized spacial score (nSPS) is 11.7. The van der Waals surface area contributed by atoms with Crippen molar-refractivity contribution in [2.75, 3.05) is 4.90 Å². The van der Waals surface area contributed by atoms with E-state index in [0.29, 0.717) is 0 Å². The van der Waals surface area contributed by atoms with Crippen LogP contribution in [0, 0.1) is 0 Å². The molecule has 0 saturated carbocycles. The zero-order chi connectivity index (χ0) is 32.3. The van der Waals surface area contributed by atoms with E-state index >= 15 is 0 Å². The number of fused-ring (bicyclic) bond motifs is 7. The Hall–Kier alpha value is -6.16. The SMILES string of the molecule is c1ccc(-c2ccc(N(c3ccc4ccccc4c3)c3ccc4sc5c(-c6cccc7c6[nH]c6ccccc67)cccc5c4c3)cc2)cc1. The Labute approximate surface area is 288 Å². The van der Waals surface area contributed by atoms with Crippen molar-refractivity contribution in [2.45, 2.75) is 0 Å². The average molecular weight is 643 g/mol. The first-order chi connectivity index (χ1) is 24.3. The van der Waals surface area contributed by atoms with Crippen LogP contribution in [0.2, 0.25) is 0 Å². The predicted octanol–water partition coefficient (Wildman–Crippen LogP) is 13.6. The van der Waals surface area contributed by atoms with Crippen molar-refractivity contribution in [3.63, 3.8) is 0 Å². The minimum atomic E-state index is 1.13. The highest BCUT2D eigenvalue weighted by atomic mass is 32.1. The van der Waals surface area contributed by atoms with E-state index in [2.05, 4.69) is 186 Å². The molecule has 8 aromatic carbocycles. The molecule has 0 aliphatic carbocycles. The van der Waals surface area contributed by atoms with Gasteiger partial charge in [-0.15, -0.1) is 11.3 Å². The molecule has 230 valence electrons. The van der Waals surface area contributed by atoms with Crippen molar-refractivity contribution in [2.24, 2.45) is 0 Å². The number of thiophene rings is 1. The van der Waals surface area contributed by atoms with E-state index in [1.807, 2.05) is 11.3 Å². The molecule has 3 heteroatoms. The Kier molecular flexibility index (Phi) is 6.39. The highest BCUT2D eigenvalue weighted by Gasteiger charge is 2.18. The lowest BCUT2D eigenvalue weighted by Crippen LogP contribution is -2.09. The van der Waals surface area contributed by atoms with Gasteiger partial charge in [0.15, 0.2) is 0 Å². The van der Waals surface area contributed by atoms with Crippen LogP contribution in [0.5, 0.6) is 0 Å². The van der Waals surface area contributed by atoms with Gasteiger partial charge in [0, 0.05) is 64.7 Å². The van der Waals surface area contributed by atoms with Crippen molar-refractivity contribution in [1.29, 1.82) is 0 Å². The van der Waals surface area contributed by atoms with Gasteiger partial charge in [-0.1, -0.05) is 127 Å². The van der Waals surface area contributed by atoms with E-state index in [9.17, 15) is 0 Å². The Balaban J connectivity index is 1.14. The third kappa shape index (κ3) is 4.62. The second kappa shape index (κ2) is 11.2. The number of benzene rings is 8. The average Bonchev–Trinajstić information content (AvgIpc) is 3.74. The van der Waals surface area contributed by atoms with Crippen LogP contribution < -0.4 is 4.90 Å². The summed E-state index contributed by atoms with van der Waals surface area (Å²) in [7, 11) is 0. The molecule has 0 bridgehead atoms. The molecular formula is C46H30N2S. The molecule has 1 N–H and O–H groups in total. The minimum Gasteiger partial charge on any atom is -0.354 e. The topological polar surface area (TPSA) is 19.0 Å². The van der Waals surface area contributed by atoms with E-state index < -0.39 is 0 Å². The largest absolute Gasteiger partial charge is 0.354 e. The summed E-state index contributed by atoms with van der Waals surface area (Å²) in [6.45, 7) is 0. The minimum absolute atomic E-state index is 1.13. The summed E-state index contributed by atoms with van der Waals surface area (Å²) in [5, 5.41) is 7.54. The number of hydrogen-bond acceptors (Lipinski definition) is 2. The summed E-state index contributed by atoms with van der Waals surface area (Å²) in [4.78, 5) is 6.12. The third-order valence-corrected chi connectivity index (χ3v) is 11.0. The number of rotatable bonds is 5. The first kappa shape index (κ1) is 27.9. The van der Waals surface area contributed by atoms with Gasteiger partial charge in [0.05, 0.1) is 5.52 Å². The molecule has 0 fully saturated rings. The molecule has 0 aliphatic heterocycles. The van der Waals surface area contributed by atoms with E-state index in [-0.39, 0.29) is 0 Å². The molecule has 0 aliphatic rings. The maximum absolute atomic E-state index is 3.73. The highest BCUT2D eigenvalue weighted by Crippen LogP contribution is 2.45. The zero-order valence-corrected chi connectivity index (χ0v) is 27.4. The summed E-state index contributed by atoms with van der Waals surface area (Å²) in [5.74, 6) is 0. The smallest absolute Gasteiger partial charge is 0.0545 e. The fraction of sp³-hybridized carbons (Fsp3) is 0. The van der Waals surface area contributed by atoms with E-state index in [1.54, 1.807) is 0 Å². The Morgan fingerprint density at radius 2 is 1.06 bits per heavy atom. The van der Waals surface area contributed by atoms with Gasteiger partial charge in [-0.05, 0) is 70.4 Å². The number of hydrogen-bond donors (Lipinski definition) is 1. The van der Waals surface area contributed by atoms with Crippen LogP contribution in [-0.4, -0.2) is 4.98 Å². The Bertz CT molecular complexity index is 2830. The first-order valence-electron chi connectivity index (χ1n) is 16.7. The van der Waals surface area contributed by atoms with Gasteiger partial charge in [0.2, 0.25) is 0 Å². The second-order valence-corrected chi connectivity index (χ2v) is 13.7. The van der Waals surface area contributed by atoms with Crippen molar-refractivity contribution in [1.82, 2.24) is 4.98 Å². The number of aromatic nitrogens is 1. The lowest BCUT2D eigenvalue weighted by Gasteiger charge is -2.26. The molecule has 0 saturated heterocycles. The predicted molar refractivity (Wildman–Crippen MR) is 212 cm³/mol. The molecular weight excluding hydrogens is 613 g/mol. The molecule has 0 spiro atoms. The molecule has 0 amide bonds. The van der Waals surface area contributed by atoms with Crippen molar-refractivity contribution >= 4 is 81.1 Å². The molecule has 10 aromatic rings. The maximum atomic E-state index is 3.73. The number of anilines is 3. The number of nitrogens with one attached hydrogen (secondary N) is 1. The van der Waals surface area contributed by atoms with E-state index in [4.69, 9.17) is 0 Å². The fourth-order valence-corrected chi connectivity index (χ4v) is 8.64. The Morgan fingerprint density at radius 1 is 0.408 bits per heavy atom. The van der Waals surface area contributed by atoms with Crippen LogP contribution in [0.25, 0.3) is 75.0 Å². The van der Waals surface area contributed by atoms with Crippen LogP contribution in [0.15, 0.2) is 176 Å². The van der Waals surface area contributed by atoms with Crippen LogP contribution >= 0.6 is 11.3 Å². The first-order valence-corrected chi connectivity index (χ1v) is 17.5. The van der Waals surface area contributed by atoms with Crippen molar-refractivity contribution in [3.05, 3.63) is 176 Å². The highest BCUT2D eigenvalue weighted by molar-refractivity contribution is 7.26. The zero-order valence-electron chi connectivity index (χ0n) is 26.6. The van der Waals surface area contributed by atoms with Crippen LogP contribution in [0.4, 0.5) is 17.1 Å². The van der Waals surface area contributed by atoms with Crippen molar-refractivity contribution in [3.8, 4) is 22.3 Å². The molecule has 2 aromatic heterocycles. The lowest BCUT2D eigenvalue weighted by molar-refractivity contribution is 1.30. The van der Waals surface area contributed by atoms with Crippen LogP contribution in [0.3, 0.4) is 0 Å². The van der Waals surface area contributed by atoms with Gasteiger partial charge in [-0.25, -0.2) is 0 Å². The Morgan fingerprint density at radius 3 is 1.94 bits per heavy atom. The summed E-state index contributed by atoms with van der Waals surface area (Å²) in [6.07, 6.45) is 0. The molecule has 2 heterocycles. The quantitative estimate of drug-likeness (QED) is 0.198. The maximum Gasteiger partial charge on any atom is 0.0545 e. The summed E-state index contributed by atoms with van der Waals surface area (Å²) in [6, 6.07) is 63.8. The monoisotopic (exact) mass is 642 g/mol. The van der Waals surface area contributed by atoms with Gasteiger partial charge in [0.25, 0.3) is 0 Å². The molecule has 0 unspecified atom stereocenters. The van der Waals surface area contributed by atoms with E-state index in [0.717, 1.165) is 17.1 Å². The summed E-state index contributed by atoms with van der Waals surface area (Å²) >= 11 is 1.88. The molecule has 49 heavy (non-hydrogen) atoms. The van der Waals surface area contributed by atoms with Gasteiger partial charge in [-0.2, -0.15) is 0 Å². The lowest BCUT2D eigenvalue weighted by atomic mass is 10.00. The van der Waals surface area contributed by atoms with Crippen molar-refractivity contribution < 1.29 is 0 Å². The standard InChI is InChI=1S/C46H30N2S/c1-2-10-30(11-3-1)32-20-23-34(24-21-32)48(35-25-22-31-12-4-5-13-33(31)28-35)36-26-27-44-42(29-36)41-18-9-17-40(46(41)49-44)39-16-8-15-38-37-14-6-7-19-43(37)47-45(38)39/h1-29,47H. The number of aromatic amines is 1. The number of nitrogens with zero attached hydrogens (tertiary/aromatic N) is 1. The van der Waals surface area contributed by atoms with Crippen LogP contribution in [-0.2, 0) is 0 Å². The molecule has 0 atom stereocenters. The second-order valence-electron chi connectivity index (χ2n) is 12.6. The third-order valence-electron chi connectivity index (χ3n) is 9.79. The summed E-state index contributed by atoms with van der Waals surface area (Å²) < 4.78 is 2.60. The molecule has 2 nitrogen and oxygen atoms in total. The number of para-hydroxylation sites is 2. The van der Waals surface area contributed by atoms with Gasteiger partial charge in [-0.3, -0.25) is 0 Å².